The van der Waals surface area contributed by atoms with Crippen LogP contribution < -0.4 is 14.8 Å². The molecule has 0 radical (unpaired) electrons. The zero-order chi connectivity index (χ0) is 21.0. The maximum atomic E-state index is 12.6. The lowest BCUT2D eigenvalue weighted by molar-refractivity contribution is 0.0939. The van der Waals surface area contributed by atoms with Gasteiger partial charge in [-0.25, -0.2) is 8.42 Å². The van der Waals surface area contributed by atoms with Crippen LogP contribution in [0.1, 0.15) is 41.7 Å². The number of hydrogen-bond acceptors (Lipinski definition) is 5. The third-order valence-electron chi connectivity index (χ3n) is 5.07. The van der Waals surface area contributed by atoms with Crippen molar-refractivity contribution in [2.24, 2.45) is 0 Å². The summed E-state index contributed by atoms with van der Waals surface area (Å²) in [6.45, 7) is 2.95. The van der Waals surface area contributed by atoms with Crippen molar-refractivity contribution >= 4 is 15.9 Å². The van der Waals surface area contributed by atoms with E-state index in [1.54, 1.807) is 26.4 Å². The fourth-order valence-electron chi connectivity index (χ4n) is 3.39. The number of carbonyl (C=O) groups excluding carboxylic acids is 1. The third-order valence-corrected chi connectivity index (χ3v) is 6.99. The van der Waals surface area contributed by atoms with E-state index in [1.807, 2.05) is 13.0 Å². The SMILES string of the molecule is COc1ccc(C(C)NC(=O)c2ccc(S(=O)(=O)N3CCCC3)cc2)c(OC)c1. The molecule has 0 bridgehead atoms. The highest BCUT2D eigenvalue weighted by molar-refractivity contribution is 7.89. The summed E-state index contributed by atoms with van der Waals surface area (Å²) in [5.41, 5.74) is 1.21. The van der Waals surface area contributed by atoms with Crippen LogP contribution in [0.2, 0.25) is 0 Å². The van der Waals surface area contributed by atoms with Gasteiger partial charge in [-0.2, -0.15) is 4.31 Å². The van der Waals surface area contributed by atoms with E-state index in [9.17, 15) is 13.2 Å². The Balaban J connectivity index is 1.72. The Bertz CT molecular complexity index is 967. The van der Waals surface area contributed by atoms with Gasteiger partial charge >= 0.3 is 0 Å². The van der Waals surface area contributed by atoms with Gasteiger partial charge in [0.1, 0.15) is 11.5 Å². The Morgan fingerprint density at radius 3 is 2.28 bits per heavy atom. The Morgan fingerprint density at radius 1 is 1.03 bits per heavy atom. The average molecular weight is 419 g/mol. The van der Waals surface area contributed by atoms with Gasteiger partial charge in [0.2, 0.25) is 10.0 Å². The van der Waals surface area contributed by atoms with Crippen molar-refractivity contribution in [3.8, 4) is 11.5 Å². The van der Waals surface area contributed by atoms with Crippen molar-refractivity contribution in [3.63, 3.8) is 0 Å². The highest BCUT2D eigenvalue weighted by Crippen LogP contribution is 2.29. The Kier molecular flexibility index (Phi) is 6.44. The Hall–Kier alpha value is -2.58. The van der Waals surface area contributed by atoms with E-state index in [-0.39, 0.29) is 16.8 Å². The minimum atomic E-state index is -3.49. The van der Waals surface area contributed by atoms with E-state index in [2.05, 4.69) is 5.32 Å². The molecule has 1 unspecified atom stereocenters. The van der Waals surface area contributed by atoms with E-state index in [1.165, 1.54) is 28.6 Å². The van der Waals surface area contributed by atoms with Crippen LogP contribution in [0.25, 0.3) is 0 Å². The van der Waals surface area contributed by atoms with Crippen molar-refractivity contribution in [2.45, 2.75) is 30.7 Å². The summed E-state index contributed by atoms with van der Waals surface area (Å²) in [5, 5.41) is 2.92. The van der Waals surface area contributed by atoms with Crippen molar-refractivity contribution < 1.29 is 22.7 Å². The van der Waals surface area contributed by atoms with Crippen LogP contribution in [-0.4, -0.2) is 45.9 Å². The zero-order valence-electron chi connectivity index (χ0n) is 16.8. The predicted octanol–water partition coefficient (Wildman–Crippen LogP) is 2.98. The Morgan fingerprint density at radius 2 is 1.69 bits per heavy atom. The standard InChI is InChI=1S/C21H26N2O5S/c1-15(19-11-8-17(27-2)14-20(19)28-3)22-21(24)16-6-9-18(10-7-16)29(25,26)23-12-4-5-13-23/h6-11,14-15H,4-5,12-13H2,1-3H3,(H,22,24). The van der Waals surface area contributed by atoms with Crippen LogP contribution in [0.5, 0.6) is 11.5 Å². The van der Waals surface area contributed by atoms with E-state index in [4.69, 9.17) is 9.47 Å². The zero-order valence-corrected chi connectivity index (χ0v) is 17.7. The third kappa shape index (κ3) is 4.54. The highest BCUT2D eigenvalue weighted by atomic mass is 32.2. The molecular formula is C21H26N2O5S. The average Bonchev–Trinajstić information content (AvgIpc) is 3.29. The summed E-state index contributed by atoms with van der Waals surface area (Å²) < 4.78 is 37.3. The first kappa shape index (κ1) is 21.1. The van der Waals surface area contributed by atoms with Gasteiger partial charge < -0.3 is 14.8 Å². The molecule has 1 fully saturated rings. The molecule has 1 N–H and O–H groups in total. The molecule has 1 saturated heterocycles. The van der Waals surface area contributed by atoms with Gasteiger partial charge in [-0.15, -0.1) is 0 Å². The fraction of sp³-hybridized carbons (Fsp3) is 0.381. The van der Waals surface area contributed by atoms with Crippen LogP contribution in [-0.2, 0) is 10.0 Å². The summed E-state index contributed by atoms with van der Waals surface area (Å²) in [6, 6.07) is 11.1. The number of carbonyl (C=O) groups is 1. The van der Waals surface area contributed by atoms with Gasteiger partial charge in [0, 0.05) is 30.3 Å². The predicted molar refractivity (Wildman–Crippen MR) is 110 cm³/mol. The summed E-state index contributed by atoms with van der Waals surface area (Å²) >= 11 is 0. The topological polar surface area (TPSA) is 84.9 Å². The van der Waals surface area contributed by atoms with Crippen molar-refractivity contribution in [1.29, 1.82) is 0 Å². The van der Waals surface area contributed by atoms with Crippen LogP contribution >= 0.6 is 0 Å². The largest absolute Gasteiger partial charge is 0.497 e. The number of nitrogens with one attached hydrogen (secondary N) is 1. The molecule has 7 nitrogen and oxygen atoms in total. The first-order chi connectivity index (χ1) is 13.9. The van der Waals surface area contributed by atoms with Gasteiger partial charge in [-0.3, -0.25) is 4.79 Å². The molecule has 8 heteroatoms. The van der Waals surface area contributed by atoms with Crippen LogP contribution in [0.15, 0.2) is 47.4 Å². The molecule has 29 heavy (non-hydrogen) atoms. The maximum absolute atomic E-state index is 12.6. The minimum Gasteiger partial charge on any atom is -0.497 e. The van der Waals surface area contributed by atoms with E-state index in [0.29, 0.717) is 30.2 Å². The number of benzene rings is 2. The van der Waals surface area contributed by atoms with Crippen molar-refractivity contribution in [2.75, 3.05) is 27.3 Å². The van der Waals surface area contributed by atoms with Gasteiger partial charge in [-0.05, 0) is 56.2 Å². The Labute approximate surface area is 171 Å². The number of sulfonamides is 1. The molecule has 2 aromatic rings. The summed E-state index contributed by atoms with van der Waals surface area (Å²) in [4.78, 5) is 12.8. The molecule has 0 aromatic heterocycles. The highest BCUT2D eigenvalue weighted by Gasteiger charge is 2.27. The molecule has 0 spiro atoms. The molecule has 1 aliphatic rings. The number of ether oxygens (including phenoxy) is 2. The number of hydrogen-bond donors (Lipinski definition) is 1. The van der Waals surface area contributed by atoms with Crippen molar-refractivity contribution in [1.82, 2.24) is 9.62 Å². The molecular weight excluding hydrogens is 392 g/mol. The molecule has 2 aromatic carbocycles. The lowest BCUT2D eigenvalue weighted by atomic mass is 10.1. The smallest absolute Gasteiger partial charge is 0.251 e. The summed E-state index contributed by atoms with van der Waals surface area (Å²) in [5.74, 6) is 0.989. The summed E-state index contributed by atoms with van der Waals surface area (Å²) in [7, 11) is -0.351. The number of rotatable bonds is 7. The van der Waals surface area contributed by atoms with Crippen LogP contribution in [0, 0.1) is 0 Å². The second-order valence-corrected chi connectivity index (χ2v) is 8.88. The van der Waals surface area contributed by atoms with Crippen LogP contribution in [0.3, 0.4) is 0 Å². The van der Waals surface area contributed by atoms with Gasteiger partial charge in [0.25, 0.3) is 5.91 Å². The molecule has 156 valence electrons. The second-order valence-electron chi connectivity index (χ2n) is 6.94. The number of nitrogens with zero attached hydrogens (tertiary/aromatic N) is 1. The number of methoxy groups -OCH3 is 2. The second kappa shape index (κ2) is 8.84. The molecule has 1 aliphatic heterocycles. The lowest BCUT2D eigenvalue weighted by Crippen LogP contribution is -2.28. The molecule has 1 heterocycles. The van der Waals surface area contributed by atoms with Crippen LogP contribution in [0.4, 0.5) is 0 Å². The normalized spacial score (nSPS) is 15.7. The molecule has 0 saturated carbocycles. The molecule has 3 rings (SSSR count). The monoisotopic (exact) mass is 418 g/mol. The summed E-state index contributed by atoms with van der Waals surface area (Å²) in [6.07, 6.45) is 1.76. The van der Waals surface area contributed by atoms with Crippen molar-refractivity contribution in [3.05, 3.63) is 53.6 Å². The minimum absolute atomic E-state index is 0.209. The first-order valence-corrected chi connectivity index (χ1v) is 10.9. The quantitative estimate of drug-likeness (QED) is 0.747. The van der Waals surface area contributed by atoms with Gasteiger partial charge in [-0.1, -0.05) is 0 Å². The van der Waals surface area contributed by atoms with E-state index in [0.717, 1.165) is 18.4 Å². The first-order valence-electron chi connectivity index (χ1n) is 9.50. The molecule has 1 atom stereocenters. The van der Waals surface area contributed by atoms with Gasteiger partial charge in [0.15, 0.2) is 0 Å². The van der Waals surface area contributed by atoms with E-state index >= 15 is 0 Å². The maximum Gasteiger partial charge on any atom is 0.251 e. The van der Waals surface area contributed by atoms with Gasteiger partial charge in [0.05, 0.1) is 25.2 Å². The number of amides is 1. The fourth-order valence-corrected chi connectivity index (χ4v) is 4.91. The lowest BCUT2D eigenvalue weighted by Gasteiger charge is -2.18. The molecule has 1 amide bonds. The molecule has 0 aliphatic carbocycles. The van der Waals surface area contributed by atoms with E-state index < -0.39 is 10.0 Å².